The molecule has 0 atom stereocenters. The molecule has 14 heavy (non-hydrogen) atoms. The summed E-state index contributed by atoms with van der Waals surface area (Å²) in [7, 11) is 0. The van der Waals surface area contributed by atoms with Gasteiger partial charge < -0.3 is 0 Å². The van der Waals surface area contributed by atoms with Crippen molar-refractivity contribution in [1.82, 2.24) is 0 Å². The number of hydrogen-bond donors (Lipinski definition) is 0. The number of halogens is 1. The Labute approximate surface area is 92.7 Å². The van der Waals surface area contributed by atoms with Gasteiger partial charge in [0, 0.05) is 11.5 Å². The maximum atomic E-state index is 12.8. The molecule has 2 rings (SSSR count). The van der Waals surface area contributed by atoms with Crippen LogP contribution in [0.3, 0.4) is 0 Å². The third kappa shape index (κ3) is 1.80. The van der Waals surface area contributed by atoms with Crippen molar-refractivity contribution < 1.29 is 4.39 Å². The highest BCUT2D eigenvalue weighted by molar-refractivity contribution is 8.20. The van der Waals surface area contributed by atoms with E-state index in [1.807, 2.05) is 35.7 Å². The summed E-state index contributed by atoms with van der Waals surface area (Å²) >= 11 is 3.85. The van der Waals surface area contributed by atoms with Crippen LogP contribution in [0.2, 0.25) is 0 Å². The normalized spacial score (nSPS) is 19.9. The van der Waals surface area contributed by atoms with E-state index in [0.717, 1.165) is 17.9 Å². The smallest absolute Gasteiger partial charge is 0.123 e. The van der Waals surface area contributed by atoms with Gasteiger partial charge in [0.05, 0.1) is 4.08 Å². The average Bonchev–Trinajstić information content (AvgIpc) is 2.68. The fraction of sp³-hybridized carbons (Fsp3) is 0.364. The first-order valence-corrected chi connectivity index (χ1v) is 6.57. The molecule has 0 amide bonds. The van der Waals surface area contributed by atoms with Crippen molar-refractivity contribution in [3.8, 4) is 0 Å². The van der Waals surface area contributed by atoms with Crippen molar-refractivity contribution >= 4 is 23.5 Å². The van der Waals surface area contributed by atoms with Gasteiger partial charge in [-0.2, -0.15) is 0 Å². The average molecular weight is 227 g/mol. The van der Waals surface area contributed by atoms with E-state index in [1.54, 1.807) is 0 Å². The lowest BCUT2D eigenvalue weighted by Gasteiger charge is -2.26. The number of thioether (sulfide) groups is 2. The molecule has 1 radical (unpaired) electrons. The van der Waals surface area contributed by atoms with Crippen molar-refractivity contribution in [3.63, 3.8) is 0 Å². The van der Waals surface area contributed by atoms with E-state index in [2.05, 4.69) is 6.92 Å². The van der Waals surface area contributed by atoms with E-state index in [1.165, 1.54) is 17.7 Å². The summed E-state index contributed by atoms with van der Waals surface area (Å²) in [5.74, 6) is 2.16. The fourth-order valence-electron chi connectivity index (χ4n) is 1.61. The highest BCUT2D eigenvalue weighted by Crippen LogP contribution is 2.53. The van der Waals surface area contributed by atoms with Crippen LogP contribution in [0.5, 0.6) is 0 Å². The second kappa shape index (κ2) is 4.15. The Bertz CT molecular complexity index is 302. The largest absolute Gasteiger partial charge is 0.207 e. The maximum Gasteiger partial charge on any atom is 0.123 e. The van der Waals surface area contributed by atoms with Crippen molar-refractivity contribution in [3.05, 3.63) is 42.6 Å². The van der Waals surface area contributed by atoms with E-state index in [4.69, 9.17) is 0 Å². The van der Waals surface area contributed by atoms with Gasteiger partial charge in [0.2, 0.25) is 0 Å². The predicted octanol–water partition coefficient (Wildman–Crippen LogP) is 3.68. The van der Waals surface area contributed by atoms with Crippen LogP contribution in [0.4, 0.5) is 4.39 Å². The molecule has 0 saturated carbocycles. The Morgan fingerprint density at radius 1 is 1.21 bits per heavy atom. The van der Waals surface area contributed by atoms with Gasteiger partial charge in [-0.05, 0) is 24.1 Å². The molecular formula is C11H12FS2. The number of hydrogen-bond acceptors (Lipinski definition) is 2. The lowest BCUT2D eigenvalue weighted by atomic mass is 10.1. The third-order valence-corrected chi connectivity index (χ3v) is 5.96. The van der Waals surface area contributed by atoms with Crippen LogP contribution in [0.25, 0.3) is 0 Å². The van der Waals surface area contributed by atoms with Gasteiger partial charge >= 0.3 is 0 Å². The molecule has 75 valence electrons. The molecule has 1 aromatic carbocycles. The molecule has 1 saturated heterocycles. The van der Waals surface area contributed by atoms with Crippen molar-refractivity contribution in [1.29, 1.82) is 0 Å². The molecule has 1 aromatic rings. The molecule has 0 aromatic heterocycles. The molecule has 1 heterocycles. The second-order valence-electron chi connectivity index (χ2n) is 3.21. The summed E-state index contributed by atoms with van der Waals surface area (Å²) in [4.78, 5) is 0. The molecular weight excluding hydrogens is 215 g/mol. The predicted molar refractivity (Wildman–Crippen MR) is 63.0 cm³/mol. The lowest BCUT2D eigenvalue weighted by Crippen LogP contribution is -2.12. The Kier molecular flexibility index (Phi) is 3.07. The van der Waals surface area contributed by atoms with Gasteiger partial charge in [-0.15, -0.1) is 23.5 Å². The topological polar surface area (TPSA) is 0 Å². The molecule has 0 bridgehead atoms. The zero-order valence-electron chi connectivity index (χ0n) is 7.83. The summed E-state index contributed by atoms with van der Waals surface area (Å²) in [6.45, 7) is 4.00. The quantitative estimate of drug-likeness (QED) is 0.756. The van der Waals surface area contributed by atoms with E-state index >= 15 is 0 Å². The lowest BCUT2D eigenvalue weighted by molar-refractivity contribution is 0.626. The SMILES string of the molecule is [CH2]CC1(c2ccc(F)cc2)SCCS1. The van der Waals surface area contributed by atoms with Gasteiger partial charge in [0.15, 0.2) is 0 Å². The molecule has 0 aliphatic carbocycles. The first kappa shape index (κ1) is 10.4. The summed E-state index contributed by atoms with van der Waals surface area (Å²) in [6.07, 6.45) is 0.855. The van der Waals surface area contributed by atoms with Crippen molar-refractivity contribution in [2.45, 2.75) is 10.5 Å². The van der Waals surface area contributed by atoms with E-state index in [0.29, 0.717) is 0 Å². The van der Waals surface area contributed by atoms with Crippen LogP contribution in [-0.2, 0) is 4.08 Å². The van der Waals surface area contributed by atoms with Crippen molar-refractivity contribution in [2.75, 3.05) is 11.5 Å². The fourth-order valence-corrected chi connectivity index (χ4v) is 4.67. The molecule has 3 heteroatoms. The van der Waals surface area contributed by atoms with Crippen LogP contribution in [0.15, 0.2) is 24.3 Å². The molecule has 1 aliphatic heterocycles. The highest BCUT2D eigenvalue weighted by atomic mass is 32.2. The number of benzene rings is 1. The van der Waals surface area contributed by atoms with Gasteiger partial charge in [-0.1, -0.05) is 19.1 Å². The molecule has 0 unspecified atom stereocenters. The van der Waals surface area contributed by atoms with E-state index in [-0.39, 0.29) is 9.90 Å². The minimum atomic E-state index is -0.166. The van der Waals surface area contributed by atoms with E-state index < -0.39 is 0 Å². The molecule has 1 aliphatic rings. The molecule has 0 N–H and O–H groups in total. The van der Waals surface area contributed by atoms with Crippen LogP contribution >= 0.6 is 23.5 Å². The van der Waals surface area contributed by atoms with Crippen LogP contribution in [0.1, 0.15) is 12.0 Å². The Morgan fingerprint density at radius 2 is 1.79 bits per heavy atom. The molecule has 0 spiro atoms. The summed E-state index contributed by atoms with van der Waals surface area (Å²) in [6, 6.07) is 6.83. The van der Waals surface area contributed by atoms with Gasteiger partial charge in [0.25, 0.3) is 0 Å². The number of rotatable bonds is 2. The maximum absolute atomic E-state index is 12.8. The molecule has 1 fully saturated rings. The molecule has 0 nitrogen and oxygen atoms in total. The van der Waals surface area contributed by atoms with Crippen molar-refractivity contribution in [2.24, 2.45) is 0 Å². The minimum absolute atomic E-state index is 0.0771. The zero-order chi connectivity index (χ0) is 10.0. The van der Waals surface area contributed by atoms with Gasteiger partial charge in [0.1, 0.15) is 5.82 Å². The standard InChI is InChI=1S/C11H12FS2/c1-2-11(13-7-8-14-11)9-3-5-10(12)6-4-9/h3-6H,1-2,7-8H2. The Morgan fingerprint density at radius 3 is 2.29 bits per heavy atom. The third-order valence-electron chi connectivity index (χ3n) is 2.37. The zero-order valence-corrected chi connectivity index (χ0v) is 9.47. The summed E-state index contributed by atoms with van der Waals surface area (Å²) in [5.41, 5.74) is 1.20. The van der Waals surface area contributed by atoms with Crippen LogP contribution in [-0.4, -0.2) is 11.5 Å². The highest BCUT2D eigenvalue weighted by Gasteiger charge is 2.35. The monoisotopic (exact) mass is 227 g/mol. The Balaban J connectivity index is 2.31. The minimum Gasteiger partial charge on any atom is -0.207 e. The van der Waals surface area contributed by atoms with Crippen LogP contribution in [0, 0.1) is 12.7 Å². The van der Waals surface area contributed by atoms with E-state index in [9.17, 15) is 4.39 Å². The first-order valence-electron chi connectivity index (χ1n) is 4.60. The van der Waals surface area contributed by atoms with Crippen LogP contribution < -0.4 is 0 Å². The summed E-state index contributed by atoms with van der Waals surface area (Å²) in [5, 5.41) is 0. The van der Waals surface area contributed by atoms with Gasteiger partial charge in [-0.3, -0.25) is 0 Å². The summed E-state index contributed by atoms with van der Waals surface area (Å²) < 4.78 is 12.9. The first-order chi connectivity index (χ1) is 6.77. The Hall–Kier alpha value is -0.150. The van der Waals surface area contributed by atoms with Gasteiger partial charge in [-0.25, -0.2) is 4.39 Å². The second-order valence-corrected chi connectivity index (χ2v) is 6.25.